The molecular formula is C15H25ClN2O. The Hall–Kier alpha value is -1.06. The lowest BCUT2D eigenvalue weighted by Gasteiger charge is -2.18. The molecule has 0 aliphatic rings. The molecule has 1 amide bonds. The van der Waals surface area contributed by atoms with Crippen LogP contribution in [0.4, 0.5) is 0 Å². The summed E-state index contributed by atoms with van der Waals surface area (Å²) in [7, 11) is 0. The molecule has 0 aliphatic heterocycles. The molecule has 1 aromatic rings. The van der Waals surface area contributed by atoms with Crippen molar-refractivity contribution in [3.05, 3.63) is 34.9 Å². The summed E-state index contributed by atoms with van der Waals surface area (Å²) in [4.78, 5) is 11.9. The minimum atomic E-state index is -0.416. The lowest BCUT2D eigenvalue weighted by atomic mass is 9.99. The Morgan fingerprint density at radius 1 is 1.37 bits per heavy atom. The third-order valence-corrected chi connectivity index (χ3v) is 3.51. The quantitative estimate of drug-likeness (QED) is 0.873. The van der Waals surface area contributed by atoms with Crippen LogP contribution in [0, 0.1) is 19.8 Å². The second-order valence-electron chi connectivity index (χ2n) is 5.06. The molecule has 4 heteroatoms. The first kappa shape index (κ1) is 17.9. The number of rotatable bonds is 5. The highest BCUT2D eigenvalue weighted by Crippen LogP contribution is 2.11. The molecule has 0 heterocycles. The van der Waals surface area contributed by atoms with Gasteiger partial charge in [-0.3, -0.25) is 4.79 Å². The number of hydrogen-bond donors (Lipinski definition) is 2. The van der Waals surface area contributed by atoms with Crippen LogP contribution in [0.1, 0.15) is 37.0 Å². The van der Waals surface area contributed by atoms with Gasteiger partial charge in [0.1, 0.15) is 0 Å². The molecule has 0 radical (unpaired) electrons. The van der Waals surface area contributed by atoms with E-state index in [-0.39, 0.29) is 24.2 Å². The first-order valence-electron chi connectivity index (χ1n) is 6.55. The van der Waals surface area contributed by atoms with Gasteiger partial charge in [0.05, 0.1) is 6.04 Å². The van der Waals surface area contributed by atoms with Crippen LogP contribution >= 0.6 is 12.4 Å². The highest BCUT2D eigenvalue weighted by atomic mass is 35.5. The van der Waals surface area contributed by atoms with Gasteiger partial charge in [0.25, 0.3) is 0 Å². The predicted octanol–water partition coefficient (Wildman–Crippen LogP) is 2.71. The average molecular weight is 285 g/mol. The Labute approximate surface area is 122 Å². The molecule has 0 saturated heterocycles. The van der Waals surface area contributed by atoms with Crippen molar-refractivity contribution < 1.29 is 4.79 Å². The molecule has 0 fully saturated rings. The van der Waals surface area contributed by atoms with Crippen LogP contribution in [-0.2, 0) is 11.3 Å². The van der Waals surface area contributed by atoms with Crippen LogP contribution in [0.3, 0.4) is 0 Å². The molecule has 0 aliphatic carbocycles. The number of halogens is 1. The zero-order chi connectivity index (χ0) is 13.7. The van der Waals surface area contributed by atoms with Gasteiger partial charge in [-0.2, -0.15) is 0 Å². The van der Waals surface area contributed by atoms with Crippen molar-refractivity contribution in [3.8, 4) is 0 Å². The predicted molar refractivity (Wildman–Crippen MR) is 82.4 cm³/mol. The summed E-state index contributed by atoms with van der Waals surface area (Å²) in [6.45, 7) is 8.72. The largest absolute Gasteiger partial charge is 0.351 e. The molecule has 3 N–H and O–H groups in total. The van der Waals surface area contributed by atoms with Crippen molar-refractivity contribution in [2.45, 2.75) is 46.7 Å². The lowest BCUT2D eigenvalue weighted by Crippen LogP contribution is -2.44. The van der Waals surface area contributed by atoms with Gasteiger partial charge in [0, 0.05) is 6.54 Å². The van der Waals surface area contributed by atoms with E-state index < -0.39 is 6.04 Å². The van der Waals surface area contributed by atoms with Crippen LogP contribution in [0.2, 0.25) is 0 Å². The monoisotopic (exact) mass is 284 g/mol. The summed E-state index contributed by atoms with van der Waals surface area (Å²) >= 11 is 0. The third kappa shape index (κ3) is 5.21. The Bertz CT molecular complexity index is 421. The van der Waals surface area contributed by atoms with Crippen LogP contribution in [0.25, 0.3) is 0 Å². The molecule has 3 nitrogen and oxygen atoms in total. The summed E-state index contributed by atoms with van der Waals surface area (Å²) in [6.07, 6.45) is 0.915. The SMILES string of the molecule is CCC(C)C(N)C(=O)NCc1ccc(C)cc1C.Cl. The van der Waals surface area contributed by atoms with Crippen molar-refractivity contribution in [2.75, 3.05) is 0 Å². The van der Waals surface area contributed by atoms with E-state index in [0.29, 0.717) is 6.54 Å². The number of benzene rings is 1. The molecule has 108 valence electrons. The van der Waals surface area contributed by atoms with E-state index >= 15 is 0 Å². The van der Waals surface area contributed by atoms with Gasteiger partial charge in [-0.25, -0.2) is 0 Å². The van der Waals surface area contributed by atoms with E-state index in [0.717, 1.165) is 12.0 Å². The number of amides is 1. The minimum absolute atomic E-state index is 0. The average Bonchev–Trinajstić information content (AvgIpc) is 2.35. The number of nitrogens with one attached hydrogen (secondary N) is 1. The summed E-state index contributed by atoms with van der Waals surface area (Å²) in [5.41, 5.74) is 9.47. The molecule has 0 aromatic heterocycles. The fourth-order valence-electron chi connectivity index (χ4n) is 1.86. The molecular weight excluding hydrogens is 260 g/mol. The number of hydrogen-bond acceptors (Lipinski definition) is 2. The second kappa shape index (κ2) is 8.18. The highest BCUT2D eigenvalue weighted by molar-refractivity contribution is 5.85. The van der Waals surface area contributed by atoms with Crippen LogP contribution in [-0.4, -0.2) is 11.9 Å². The smallest absolute Gasteiger partial charge is 0.237 e. The zero-order valence-corrected chi connectivity index (χ0v) is 13.0. The standard InChI is InChI=1S/C15H24N2O.ClH/c1-5-11(3)14(16)15(18)17-9-13-7-6-10(2)8-12(13)4;/h6-8,11,14H,5,9,16H2,1-4H3,(H,17,18);1H. The minimum Gasteiger partial charge on any atom is -0.351 e. The van der Waals surface area contributed by atoms with Crippen molar-refractivity contribution in [1.82, 2.24) is 5.32 Å². The molecule has 2 atom stereocenters. The molecule has 1 aromatic carbocycles. The first-order chi connectivity index (χ1) is 8.45. The van der Waals surface area contributed by atoms with Gasteiger partial charge in [0.15, 0.2) is 0 Å². The maximum absolute atomic E-state index is 11.9. The van der Waals surface area contributed by atoms with E-state index in [1.807, 2.05) is 13.8 Å². The van der Waals surface area contributed by atoms with Gasteiger partial charge in [0.2, 0.25) is 5.91 Å². The van der Waals surface area contributed by atoms with Crippen LogP contribution in [0.5, 0.6) is 0 Å². The zero-order valence-electron chi connectivity index (χ0n) is 12.2. The normalized spacial score (nSPS) is 13.3. The third-order valence-electron chi connectivity index (χ3n) is 3.51. The Morgan fingerprint density at radius 2 is 2.00 bits per heavy atom. The molecule has 19 heavy (non-hydrogen) atoms. The maximum atomic E-state index is 11.9. The van der Waals surface area contributed by atoms with Gasteiger partial charge >= 0.3 is 0 Å². The lowest BCUT2D eigenvalue weighted by molar-refractivity contribution is -0.123. The van der Waals surface area contributed by atoms with Crippen molar-refractivity contribution in [3.63, 3.8) is 0 Å². The summed E-state index contributed by atoms with van der Waals surface area (Å²) < 4.78 is 0. The van der Waals surface area contributed by atoms with Crippen molar-refractivity contribution in [1.29, 1.82) is 0 Å². The molecule has 2 unspecified atom stereocenters. The summed E-state index contributed by atoms with van der Waals surface area (Å²) in [6, 6.07) is 5.82. The fraction of sp³-hybridized carbons (Fsp3) is 0.533. The summed E-state index contributed by atoms with van der Waals surface area (Å²) in [5.74, 6) is 0.147. The molecule has 0 saturated carbocycles. The summed E-state index contributed by atoms with van der Waals surface area (Å²) in [5, 5.41) is 2.91. The number of carbonyl (C=O) groups excluding carboxylic acids is 1. The molecule has 1 rings (SSSR count). The van der Waals surface area contributed by atoms with Crippen molar-refractivity contribution in [2.24, 2.45) is 11.7 Å². The molecule has 0 bridgehead atoms. The van der Waals surface area contributed by atoms with Gasteiger partial charge in [-0.05, 0) is 30.9 Å². The Balaban J connectivity index is 0.00000324. The van der Waals surface area contributed by atoms with E-state index in [4.69, 9.17) is 5.73 Å². The first-order valence-corrected chi connectivity index (χ1v) is 6.55. The van der Waals surface area contributed by atoms with Gasteiger partial charge in [-0.1, -0.05) is 44.0 Å². The number of aryl methyl sites for hydroxylation is 2. The van der Waals surface area contributed by atoms with E-state index in [2.05, 4.69) is 37.4 Å². The van der Waals surface area contributed by atoms with E-state index in [1.165, 1.54) is 11.1 Å². The highest BCUT2D eigenvalue weighted by Gasteiger charge is 2.18. The Morgan fingerprint density at radius 3 is 2.53 bits per heavy atom. The van der Waals surface area contributed by atoms with Gasteiger partial charge < -0.3 is 11.1 Å². The molecule has 0 spiro atoms. The maximum Gasteiger partial charge on any atom is 0.237 e. The number of carbonyl (C=O) groups is 1. The number of nitrogens with two attached hydrogens (primary N) is 1. The fourth-order valence-corrected chi connectivity index (χ4v) is 1.86. The van der Waals surface area contributed by atoms with Gasteiger partial charge in [-0.15, -0.1) is 12.4 Å². The van der Waals surface area contributed by atoms with Crippen LogP contribution < -0.4 is 11.1 Å². The van der Waals surface area contributed by atoms with E-state index in [9.17, 15) is 4.79 Å². The van der Waals surface area contributed by atoms with E-state index in [1.54, 1.807) is 0 Å². The Kier molecular flexibility index (Phi) is 7.72. The topological polar surface area (TPSA) is 55.1 Å². The van der Waals surface area contributed by atoms with Crippen LogP contribution in [0.15, 0.2) is 18.2 Å². The van der Waals surface area contributed by atoms with Crippen molar-refractivity contribution >= 4 is 18.3 Å². The second-order valence-corrected chi connectivity index (χ2v) is 5.06.